The van der Waals surface area contributed by atoms with Crippen LogP contribution in [0.3, 0.4) is 0 Å². The average molecular weight is 289 g/mol. The maximum Gasteiger partial charge on any atom is 0.282 e. The van der Waals surface area contributed by atoms with Gasteiger partial charge in [-0.15, -0.1) is 0 Å². The van der Waals surface area contributed by atoms with Gasteiger partial charge < -0.3 is 5.32 Å². The first-order valence-electron chi connectivity index (χ1n) is 7.51. The maximum atomic E-state index is 12.7. The van der Waals surface area contributed by atoms with Crippen molar-refractivity contribution in [3.63, 3.8) is 0 Å². The molecule has 0 amide bonds. The largest absolute Gasteiger partial charge is 0.319 e. The highest BCUT2D eigenvalue weighted by atomic mass is 32.2. The Kier molecular flexibility index (Phi) is 5.22. The van der Waals surface area contributed by atoms with E-state index in [0.29, 0.717) is 25.6 Å². The fourth-order valence-corrected chi connectivity index (χ4v) is 4.97. The summed E-state index contributed by atoms with van der Waals surface area (Å²) < 4.78 is 28.9. The van der Waals surface area contributed by atoms with E-state index in [1.807, 2.05) is 14.0 Å². The zero-order valence-electron chi connectivity index (χ0n) is 12.1. The first-order valence-corrected chi connectivity index (χ1v) is 8.90. The zero-order valence-corrected chi connectivity index (χ0v) is 13.0. The van der Waals surface area contributed by atoms with Crippen molar-refractivity contribution in [2.75, 3.05) is 33.2 Å². The Morgan fingerprint density at radius 2 is 2.05 bits per heavy atom. The second-order valence-electron chi connectivity index (χ2n) is 5.77. The minimum atomic E-state index is -3.24. The molecule has 2 rings (SSSR count). The van der Waals surface area contributed by atoms with Gasteiger partial charge in [-0.05, 0) is 51.6 Å². The molecule has 1 saturated heterocycles. The molecule has 0 bridgehead atoms. The monoisotopic (exact) mass is 289 g/mol. The van der Waals surface area contributed by atoms with E-state index in [1.165, 1.54) is 0 Å². The summed E-state index contributed by atoms with van der Waals surface area (Å²) in [6.45, 7) is 4.99. The Morgan fingerprint density at radius 1 is 1.32 bits per heavy atom. The first kappa shape index (κ1) is 15.2. The minimum absolute atomic E-state index is 0.273. The lowest BCUT2D eigenvalue weighted by molar-refractivity contribution is 0.242. The van der Waals surface area contributed by atoms with Crippen LogP contribution in [0.5, 0.6) is 0 Å². The van der Waals surface area contributed by atoms with Crippen LogP contribution in [0.25, 0.3) is 0 Å². The van der Waals surface area contributed by atoms with E-state index < -0.39 is 10.2 Å². The lowest BCUT2D eigenvalue weighted by Gasteiger charge is -2.35. The Hall–Kier alpha value is -0.170. The quantitative estimate of drug-likeness (QED) is 0.762. The third kappa shape index (κ3) is 3.68. The first-order chi connectivity index (χ1) is 9.09. The minimum Gasteiger partial charge on any atom is -0.319 e. The van der Waals surface area contributed by atoms with E-state index in [9.17, 15) is 8.42 Å². The molecule has 0 aromatic carbocycles. The van der Waals surface area contributed by atoms with Crippen molar-refractivity contribution in [1.82, 2.24) is 13.9 Å². The summed E-state index contributed by atoms with van der Waals surface area (Å²) in [7, 11) is -1.30. The summed E-state index contributed by atoms with van der Waals surface area (Å²) in [5, 5.41) is 3.16. The second-order valence-corrected chi connectivity index (χ2v) is 7.65. The lowest BCUT2D eigenvalue weighted by atomic mass is 10.00. The third-order valence-corrected chi connectivity index (χ3v) is 6.05. The Labute approximate surface area is 117 Å². The molecule has 1 aliphatic carbocycles. The van der Waals surface area contributed by atoms with Crippen LogP contribution in [0.15, 0.2) is 0 Å². The molecule has 0 spiro atoms. The molecule has 1 atom stereocenters. The summed E-state index contributed by atoms with van der Waals surface area (Å²) >= 11 is 0. The predicted octanol–water partition coefficient (Wildman–Crippen LogP) is 1.04. The van der Waals surface area contributed by atoms with E-state index >= 15 is 0 Å². The zero-order chi connectivity index (χ0) is 13.9. The summed E-state index contributed by atoms with van der Waals surface area (Å²) in [5.41, 5.74) is 0. The van der Waals surface area contributed by atoms with Crippen LogP contribution in [0, 0.1) is 5.92 Å². The number of hydrogen-bond acceptors (Lipinski definition) is 3. The molecule has 5 nitrogen and oxygen atoms in total. The highest BCUT2D eigenvalue weighted by molar-refractivity contribution is 7.86. The van der Waals surface area contributed by atoms with E-state index in [-0.39, 0.29) is 6.04 Å². The predicted molar refractivity (Wildman–Crippen MR) is 77.2 cm³/mol. The number of rotatable bonds is 7. The normalized spacial score (nSPS) is 25.9. The summed E-state index contributed by atoms with van der Waals surface area (Å²) in [4.78, 5) is 0. The van der Waals surface area contributed by atoms with Gasteiger partial charge in [0.1, 0.15) is 0 Å². The van der Waals surface area contributed by atoms with Gasteiger partial charge in [-0.2, -0.15) is 17.0 Å². The van der Waals surface area contributed by atoms with Gasteiger partial charge in [0.2, 0.25) is 0 Å². The topological polar surface area (TPSA) is 52.7 Å². The second kappa shape index (κ2) is 6.52. The van der Waals surface area contributed by atoms with E-state index in [0.717, 1.165) is 38.6 Å². The number of piperidine rings is 1. The molecule has 1 saturated carbocycles. The van der Waals surface area contributed by atoms with Gasteiger partial charge in [0.05, 0.1) is 0 Å². The molecule has 1 heterocycles. The molecular weight excluding hydrogens is 262 g/mol. The third-order valence-electron chi connectivity index (χ3n) is 4.00. The molecule has 1 unspecified atom stereocenters. The molecule has 112 valence electrons. The van der Waals surface area contributed by atoms with Crippen molar-refractivity contribution in [2.24, 2.45) is 5.92 Å². The van der Waals surface area contributed by atoms with E-state index in [2.05, 4.69) is 5.32 Å². The molecule has 0 aromatic heterocycles. The lowest BCUT2D eigenvalue weighted by Crippen LogP contribution is -2.50. The van der Waals surface area contributed by atoms with Crippen molar-refractivity contribution < 1.29 is 8.42 Å². The Morgan fingerprint density at radius 3 is 2.63 bits per heavy atom. The van der Waals surface area contributed by atoms with Crippen LogP contribution in [-0.4, -0.2) is 56.3 Å². The summed E-state index contributed by atoms with van der Waals surface area (Å²) in [6.07, 6.45) is 5.07. The standard InChI is InChI=1S/C13H27N3O2S/c1-3-8-16(13-6-7-13)19(17,18)15-9-4-5-12(11-15)10-14-2/h12-14H,3-11H2,1-2H3. The molecule has 2 fully saturated rings. The number of hydrogen-bond donors (Lipinski definition) is 1. The Balaban J connectivity index is 2.04. The average Bonchev–Trinajstić information content (AvgIpc) is 3.21. The van der Waals surface area contributed by atoms with Crippen LogP contribution in [0.2, 0.25) is 0 Å². The Bertz CT molecular complexity index is 379. The SMILES string of the molecule is CCCN(C1CC1)S(=O)(=O)N1CCCC(CNC)C1. The fourth-order valence-electron chi connectivity index (χ4n) is 2.91. The van der Waals surface area contributed by atoms with Gasteiger partial charge in [0, 0.05) is 25.7 Å². The van der Waals surface area contributed by atoms with Gasteiger partial charge >= 0.3 is 0 Å². The number of nitrogens with one attached hydrogen (secondary N) is 1. The molecule has 1 aliphatic heterocycles. The van der Waals surface area contributed by atoms with Crippen LogP contribution in [0.1, 0.15) is 39.0 Å². The molecular formula is C13H27N3O2S. The van der Waals surface area contributed by atoms with Gasteiger partial charge in [0.15, 0.2) is 0 Å². The van der Waals surface area contributed by atoms with Gasteiger partial charge in [-0.3, -0.25) is 0 Å². The highest BCUT2D eigenvalue weighted by Gasteiger charge is 2.40. The van der Waals surface area contributed by atoms with Crippen molar-refractivity contribution in [3.05, 3.63) is 0 Å². The van der Waals surface area contributed by atoms with Gasteiger partial charge in [0.25, 0.3) is 10.2 Å². The van der Waals surface area contributed by atoms with Crippen molar-refractivity contribution in [1.29, 1.82) is 0 Å². The highest BCUT2D eigenvalue weighted by Crippen LogP contribution is 2.32. The smallest absolute Gasteiger partial charge is 0.282 e. The van der Waals surface area contributed by atoms with Crippen LogP contribution in [-0.2, 0) is 10.2 Å². The molecule has 2 aliphatic rings. The van der Waals surface area contributed by atoms with Gasteiger partial charge in [-0.25, -0.2) is 0 Å². The molecule has 19 heavy (non-hydrogen) atoms. The molecule has 6 heteroatoms. The fraction of sp³-hybridized carbons (Fsp3) is 1.00. The van der Waals surface area contributed by atoms with E-state index in [1.54, 1.807) is 8.61 Å². The van der Waals surface area contributed by atoms with Crippen molar-refractivity contribution >= 4 is 10.2 Å². The maximum absolute atomic E-state index is 12.7. The van der Waals surface area contributed by atoms with Crippen LogP contribution < -0.4 is 5.32 Å². The van der Waals surface area contributed by atoms with Crippen molar-refractivity contribution in [2.45, 2.75) is 45.1 Å². The number of nitrogens with zero attached hydrogens (tertiary/aromatic N) is 2. The van der Waals surface area contributed by atoms with Crippen molar-refractivity contribution in [3.8, 4) is 0 Å². The molecule has 0 radical (unpaired) electrons. The molecule has 1 N–H and O–H groups in total. The van der Waals surface area contributed by atoms with Crippen LogP contribution >= 0.6 is 0 Å². The summed E-state index contributed by atoms with van der Waals surface area (Å²) in [6, 6.07) is 0.273. The summed E-state index contributed by atoms with van der Waals surface area (Å²) in [5.74, 6) is 0.455. The van der Waals surface area contributed by atoms with Gasteiger partial charge in [-0.1, -0.05) is 6.92 Å². The van der Waals surface area contributed by atoms with Crippen LogP contribution in [0.4, 0.5) is 0 Å². The molecule has 0 aromatic rings. The van der Waals surface area contributed by atoms with E-state index in [4.69, 9.17) is 0 Å².